The highest BCUT2D eigenvalue weighted by Gasteiger charge is 2.23. The predicted molar refractivity (Wildman–Crippen MR) is 120 cm³/mol. The van der Waals surface area contributed by atoms with Crippen LogP contribution in [0.5, 0.6) is 0 Å². The number of hydrogen-bond acceptors (Lipinski definition) is 4. The number of nitrogens with one attached hydrogen (secondary N) is 1. The fourth-order valence-corrected chi connectivity index (χ4v) is 4.63. The number of fused-ring (bicyclic) bond motifs is 1. The Morgan fingerprint density at radius 2 is 1.97 bits per heavy atom. The summed E-state index contributed by atoms with van der Waals surface area (Å²) in [6.45, 7) is 1.45. The first kappa shape index (κ1) is 21.2. The lowest BCUT2D eigenvalue weighted by atomic mass is 10.1. The largest absolute Gasteiger partial charge is 0.381 e. The Morgan fingerprint density at radius 3 is 2.75 bits per heavy atom. The number of hydrogen-bond donors (Lipinski definition) is 1. The quantitative estimate of drug-likeness (QED) is 0.435. The molecule has 1 saturated heterocycles. The van der Waals surface area contributed by atoms with E-state index in [1.165, 1.54) is 6.07 Å². The molecule has 1 aliphatic rings. The molecule has 0 amide bonds. The molecule has 10 heteroatoms. The summed E-state index contributed by atoms with van der Waals surface area (Å²) in [6.07, 6.45) is 3.85. The summed E-state index contributed by atoms with van der Waals surface area (Å²) < 4.78 is 22.4. The molecular formula is C22H20Cl2FN5O2. The van der Waals surface area contributed by atoms with Crippen LogP contribution in [0, 0.1) is 5.95 Å². The van der Waals surface area contributed by atoms with Gasteiger partial charge in [-0.3, -0.25) is 9.13 Å². The minimum atomic E-state index is -0.585. The van der Waals surface area contributed by atoms with E-state index >= 15 is 0 Å². The molecule has 0 spiro atoms. The van der Waals surface area contributed by atoms with Crippen LogP contribution in [-0.4, -0.2) is 37.3 Å². The highest BCUT2D eigenvalue weighted by molar-refractivity contribution is 6.35. The van der Waals surface area contributed by atoms with Crippen molar-refractivity contribution >= 4 is 34.4 Å². The Balaban J connectivity index is 1.52. The van der Waals surface area contributed by atoms with E-state index in [-0.39, 0.29) is 18.3 Å². The maximum atomic E-state index is 13.4. The molecule has 4 aromatic rings. The van der Waals surface area contributed by atoms with Gasteiger partial charge >= 0.3 is 5.69 Å². The third-order valence-electron chi connectivity index (χ3n) is 5.69. The molecule has 0 saturated carbocycles. The number of halogens is 3. The molecule has 5 rings (SSSR count). The third-order valence-corrected chi connectivity index (χ3v) is 6.27. The van der Waals surface area contributed by atoms with Crippen LogP contribution in [0.25, 0.3) is 11.2 Å². The van der Waals surface area contributed by atoms with Crippen LogP contribution in [0.15, 0.2) is 41.3 Å². The summed E-state index contributed by atoms with van der Waals surface area (Å²) in [4.78, 5) is 24.7. The fraction of sp³-hybridized carbons (Fsp3) is 0.318. The van der Waals surface area contributed by atoms with Crippen molar-refractivity contribution < 1.29 is 9.13 Å². The zero-order valence-corrected chi connectivity index (χ0v) is 18.5. The standard InChI is InChI=1S/C22H20Cl2FN5O2/c23-14-2-1-13(17(24)10-14)9-16-11-29(22(31)30(16)15-5-7-32-8-6-15)12-20-26-18-3-4-19(25)27-21(18)28-20/h1-4,10-11,15H,5-9,12H2,(H,26,27,28). The molecule has 1 aliphatic heterocycles. The number of nitrogens with zero attached hydrogens (tertiary/aromatic N) is 4. The van der Waals surface area contributed by atoms with Crippen molar-refractivity contribution in [3.05, 3.63) is 80.1 Å². The number of benzene rings is 1. The van der Waals surface area contributed by atoms with E-state index < -0.39 is 5.95 Å². The van der Waals surface area contributed by atoms with Crippen LogP contribution in [0.1, 0.15) is 36.0 Å². The molecular weight excluding hydrogens is 456 g/mol. The van der Waals surface area contributed by atoms with Gasteiger partial charge in [0, 0.05) is 47.6 Å². The molecule has 0 bridgehead atoms. The summed E-state index contributed by atoms with van der Waals surface area (Å²) in [7, 11) is 0. The lowest BCUT2D eigenvalue weighted by Gasteiger charge is -2.24. The molecule has 0 unspecified atom stereocenters. The summed E-state index contributed by atoms with van der Waals surface area (Å²) >= 11 is 12.4. The van der Waals surface area contributed by atoms with Crippen LogP contribution in [0.2, 0.25) is 10.0 Å². The van der Waals surface area contributed by atoms with Crippen molar-refractivity contribution in [2.24, 2.45) is 0 Å². The van der Waals surface area contributed by atoms with Gasteiger partial charge in [-0.05, 0) is 42.7 Å². The SMILES string of the molecule is O=c1n(Cc2nc3ccc(F)nc3[nH]2)cc(Cc2ccc(Cl)cc2Cl)n1C1CCOCC1. The van der Waals surface area contributed by atoms with Crippen LogP contribution in [0.3, 0.4) is 0 Å². The number of H-pyrrole nitrogens is 1. The van der Waals surface area contributed by atoms with Gasteiger partial charge in [-0.1, -0.05) is 29.3 Å². The van der Waals surface area contributed by atoms with Crippen LogP contribution >= 0.6 is 23.2 Å². The monoisotopic (exact) mass is 475 g/mol. The lowest BCUT2D eigenvalue weighted by Crippen LogP contribution is -2.32. The Labute approximate surface area is 192 Å². The highest BCUT2D eigenvalue weighted by atomic mass is 35.5. The van der Waals surface area contributed by atoms with Gasteiger partial charge in [0.1, 0.15) is 11.3 Å². The molecule has 1 fully saturated rings. The molecule has 32 heavy (non-hydrogen) atoms. The zero-order valence-electron chi connectivity index (χ0n) is 17.0. The Bertz CT molecular complexity index is 1340. The molecule has 3 aromatic heterocycles. The average Bonchev–Trinajstić information content (AvgIpc) is 3.30. The van der Waals surface area contributed by atoms with Crippen LogP contribution in [0.4, 0.5) is 4.39 Å². The van der Waals surface area contributed by atoms with Gasteiger partial charge in [-0.15, -0.1) is 0 Å². The highest BCUT2D eigenvalue weighted by Crippen LogP contribution is 2.26. The second-order valence-corrected chi connectivity index (χ2v) is 8.69. The molecule has 166 valence electrons. The van der Waals surface area contributed by atoms with Crippen molar-refractivity contribution in [2.45, 2.75) is 31.8 Å². The molecule has 0 radical (unpaired) electrons. The minimum absolute atomic E-state index is 0.0463. The third kappa shape index (κ3) is 4.18. The van der Waals surface area contributed by atoms with Gasteiger partial charge in [0.05, 0.1) is 6.54 Å². The number of ether oxygens (including phenoxy) is 1. The average molecular weight is 476 g/mol. The van der Waals surface area contributed by atoms with Gasteiger partial charge in [-0.25, -0.2) is 9.78 Å². The van der Waals surface area contributed by atoms with Gasteiger partial charge in [0.15, 0.2) is 5.65 Å². The second kappa shape index (κ2) is 8.69. The Hall–Kier alpha value is -2.68. The molecule has 0 atom stereocenters. The molecule has 7 nitrogen and oxygen atoms in total. The van der Waals surface area contributed by atoms with Crippen molar-refractivity contribution in [2.75, 3.05) is 13.2 Å². The number of aromatic nitrogens is 5. The zero-order chi connectivity index (χ0) is 22.2. The summed E-state index contributed by atoms with van der Waals surface area (Å²) in [5.41, 5.74) is 2.51. The summed E-state index contributed by atoms with van der Waals surface area (Å²) in [6, 6.07) is 8.23. The Morgan fingerprint density at radius 1 is 1.16 bits per heavy atom. The van der Waals surface area contributed by atoms with E-state index in [9.17, 15) is 9.18 Å². The number of pyridine rings is 1. The molecule has 1 N–H and O–H groups in total. The molecule has 0 aliphatic carbocycles. The Kier molecular flexibility index (Phi) is 5.75. The minimum Gasteiger partial charge on any atom is -0.381 e. The number of imidazole rings is 2. The smallest absolute Gasteiger partial charge is 0.329 e. The van der Waals surface area contributed by atoms with Crippen molar-refractivity contribution in [1.29, 1.82) is 0 Å². The van der Waals surface area contributed by atoms with E-state index in [4.69, 9.17) is 27.9 Å². The van der Waals surface area contributed by atoms with Gasteiger partial charge < -0.3 is 9.72 Å². The van der Waals surface area contributed by atoms with Crippen LogP contribution in [-0.2, 0) is 17.7 Å². The fourth-order valence-electron chi connectivity index (χ4n) is 4.15. The van der Waals surface area contributed by atoms with E-state index in [1.54, 1.807) is 22.8 Å². The first-order valence-electron chi connectivity index (χ1n) is 10.3. The normalized spacial score (nSPS) is 15.0. The lowest BCUT2D eigenvalue weighted by molar-refractivity contribution is 0.0679. The topological polar surface area (TPSA) is 77.7 Å². The maximum absolute atomic E-state index is 13.4. The van der Waals surface area contributed by atoms with Gasteiger partial charge in [-0.2, -0.15) is 9.37 Å². The van der Waals surface area contributed by atoms with E-state index in [1.807, 2.05) is 16.8 Å². The van der Waals surface area contributed by atoms with Gasteiger partial charge in [0.2, 0.25) is 5.95 Å². The second-order valence-electron chi connectivity index (χ2n) is 7.84. The molecule has 1 aromatic carbocycles. The van der Waals surface area contributed by atoms with Crippen LogP contribution < -0.4 is 5.69 Å². The first-order chi connectivity index (χ1) is 15.5. The van der Waals surface area contributed by atoms with E-state index in [2.05, 4.69) is 15.0 Å². The summed E-state index contributed by atoms with van der Waals surface area (Å²) in [5.74, 6) is -0.0573. The number of rotatable bonds is 5. The van der Waals surface area contributed by atoms with Crippen molar-refractivity contribution in [3.63, 3.8) is 0 Å². The van der Waals surface area contributed by atoms with E-state index in [0.717, 1.165) is 24.1 Å². The van der Waals surface area contributed by atoms with Crippen molar-refractivity contribution in [1.82, 2.24) is 24.1 Å². The first-order valence-corrected chi connectivity index (χ1v) is 11.1. The summed E-state index contributed by atoms with van der Waals surface area (Å²) in [5, 5.41) is 1.12. The number of aromatic amines is 1. The van der Waals surface area contributed by atoms with E-state index in [0.29, 0.717) is 46.7 Å². The molecule has 4 heterocycles. The van der Waals surface area contributed by atoms with Crippen molar-refractivity contribution in [3.8, 4) is 0 Å². The predicted octanol–water partition coefficient (Wildman–Crippen LogP) is 4.36. The maximum Gasteiger partial charge on any atom is 0.329 e. The van der Waals surface area contributed by atoms with Gasteiger partial charge in [0.25, 0.3) is 0 Å².